The maximum Gasteiger partial charge on any atom is 1.00 e. The number of hydrogen-bond acceptors (Lipinski definition) is 30. The molecule has 0 amide bonds. The Bertz CT molecular complexity index is 5370. The number of aliphatic hydroxyl groups is 2. The van der Waals surface area contributed by atoms with Gasteiger partial charge < -0.3 is 62.1 Å². The predicted molar refractivity (Wildman–Crippen MR) is 517 cm³/mol. The number of aliphatic hydroxyl groups excluding tert-OH is 2. The number of alkyl halides is 3. The van der Waals surface area contributed by atoms with E-state index in [4.69, 9.17) is 78.0 Å². The van der Waals surface area contributed by atoms with E-state index in [0.717, 1.165) is 191 Å². The predicted octanol–water partition coefficient (Wildman–Crippen LogP) is 6.22. The summed E-state index contributed by atoms with van der Waals surface area (Å²) in [5.74, 6) is 5.87. The summed E-state index contributed by atoms with van der Waals surface area (Å²) >= 11 is 6.48. The number of H-pyrrole nitrogens is 2. The zero-order valence-electron chi connectivity index (χ0n) is 85.8. The molecule has 9 aromatic rings. The average Bonchev–Trinajstić information content (AvgIpc) is 1.69. The number of esters is 2. The standard InChI is InChI=1S/C21H27NO4S.C19H24BrN3O3.C14H21NO2.C14H21NO.C8H16O.C7H4ClF3O2S.C6H7NO.C5H5BrN2O2.CH2O3.2CO2.Al.2Cs.2Li.H2O.2H/c1-16-5-11-20(12-6-16)27(23,24)25-15-13-18-7-9-19(10-8-18)26-21-17(2)4-3-14-22-21;1-13-4-3-10-21-18(13)26-15-7-5-14(6-8-15)9-11-23-12-16(20)17(22-23)19(24)25-2;1-11-3-2-9-15-14(11)17-13-6-4-12(5-7-13)8-10-16;1-3-12-6-8-13(9-7-12)16-14-11(2)5-4-10-15-14;1-2-7-3-5-8(9)6-4-7;8-14(12,13)6-3-1-5(2-4-6)7(9,10)11;1-5-3-2-4-7-6(5)8;1-10-5(9)4-3(6)2-7-8-4;2-1-4-3;2*2-1-3;;;;;;;;/h3-6,11-12,14,18-19H,7-10,13,15H2,1-2H3;3-4,10,12,14-15H,5-9,11H2,1-2H3;2-3,9,12-13,16H,4-8,10H2,1H3;4-5,10,12-13H,3,6-9H2,1-2H3;7-9H,2-6H2,1H3;1-4H;2-4H,1H3,(H,7,8);2H,1H3,(H,7,8);1,3H;;;;;;;;1H2;;/q;;;;;;;;;;;;4*+1;;2*-1/p-2. The number of hydrogen-bond donors (Lipinski definition) is 4. The summed E-state index contributed by atoms with van der Waals surface area (Å²) in [6.45, 7) is 17.5. The van der Waals surface area contributed by atoms with Gasteiger partial charge in [-0.3, -0.25) is 23.6 Å². The minimum absolute atomic E-state index is 0. The van der Waals surface area contributed by atoms with Gasteiger partial charge in [-0.25, -0.2) is 37.9 Å². The van der Waals surface area contributed by atoms with Crippen LogP contribution in [0.4, 0.5) is 13.2 Å². The molecule has 46 heteroatoms. The molecule has 0 spiro atoms. The number of ether oxygens (including phenoxy) is 6. The van der Waals surface area contributed by atoms with Crippen LogP contribution in [0.5, 0.6) is 23.5 Å². The van der Waals surface area contributed by atoms with E-state index in [0.29, 0.717) is 74.9 Å². The van der Waals surface area contributed by atoms with E-state index >= 15 is 0 Å². The summed E-state index contributed by atoms with van der Waals surface area (Å²) in [5.41, 5.74) is 5.90. The van der Waals surface area contributed by atoms with Crippen LogP contribution in [0.25, 0.3) is 0 Å². The van der Waals surface area contributed by atoms with Crippen LogP contribution in [-0.2, 0) is 74.4 Å². The Kier molecular flexibility index (Phi) is 80.0. The van der Waals surface area contributed by atoms with E-state index < -0.39 is 42.8 Å². The van der Waals surface area contributed by atoms with E-state index in [9.17, 15) is 44.4 Å². The molecule has 5 fully saturated rings. The third-order valence-electron chi connectivity index (χ3n) is 23.1. The van der Waals surface area contributed by atoms with Crippen LogP contribution < -0.4 is 205 Å². The van der Waals surface area contributed by atoms with Gasteiger partial charge in [0, 0.05) is 106 Å². The van der Waals surface area contributed by atoms with Crippen LogP contribution in [0.3, 0.4) is 0 Å². The van der Waals surface area contributed by atoms with Crippen molar-refractivity contribution < 1.29 is 300 Å². The first-order chi connectivity index (χ1) is 65.4. The Hall–Kier alpha value is -4.65. The molecule has 5 aliphatic carbocycles. The van der Waals surface area contributed by atoms with Crippen molar-refractivity contribution in [3.8, 4) is 23.5 Å². The number of pyridine rings is 5. The number of rotatable bonds is 24. The van der Waals surface area contributed by atoms with Gasteiger partial charge in [-0.1, -0.05) is 74.7 Å². The Morgan fingerprint density at radius 1 is 0.559 bits per heavy atom. The topological polar surface area (TPSA) is 486 Å². The molecular weight excluding hydrogens is 2300 g/mol. The van der Waals surface area contributed by atoms with Gasteiger partial charge in [-0.05, 0) is 317 Å². The quantitative estimate of drug-likeness (QED) is 0.00992. The molecule has 143 heavy (non-hydrogen) atoms. The number of aryl methyl sites for hydroxylation is 7. The van der Waals surface area contributed by atoms with Crippen LogP contribution >= 0.6 is 42.5 Å². The van der Waals surface area contributed by atoms with Crippen molar-refractivity contribution in [3.05, 3.63) is 222 Å². The first-order valence-electron chi connectivity index (χ1n) is 45.1. The molecule has 0 atom stereocenters. The molecule has 0 unspecified atom stereocenters. The van der Waals surface area contributed by atoms with E-state index in [1.165, 1.54) is 71.8 Å². The number of carbonyl (C=O) groups is 3. The number of halogens is 6. The van der Waals surface area contributed by atoms with Crippen molar-refractivity contribution in [2.45, 2.75) is 269 Å². The number of nitrogens with one attached hydrogen (secondary N) is 2. The molecule has 0 bridgehead atoms. The molecule has 2 aromatic carbocycles. The van der Waals surface area contributed by atoms with Crippen molar-refractivity contribution in [1.82, 2.24) is 44.9 Å². The van der Waals surface area contributed by atoms with Gasteiger partial charge in [0.1, 0.15) is 24.4 Å². The molecule has 0 aliphatic heterocycles. The van der Waals surface area contributed by atoms with Gasteiger partial charge in [-0.2, -0.15) is 51.0 Å². The Labute approximate surface area is 1010 Å². The summed E-state index contributed by atoms with van der Waals surface area (Å²) in [7, 11) is -0.0341. The minimum Gasteiger partial charge on any atom is -1.00 e. The number of methoxy groups -OCH3 is 2. The summed E-state index contributed by atoms with van der Waals surface area (Å²) in [6.07, 6.45) is 37.0. The number of aromatic amines is 2. The van der Waals surface area contributed by atoms with Gasteiger partial charge in [0.25, 0.3) is 31.2 Å². The van der Waals surface area contributed by atoms with Gasteiger partial charge in [0.05, 0.1) is 57.4 Å². The second kappa shape index (κ2) is 80.3. The van der Waals surface area contributed by atoms with Gasteiger partial charge in [0.15, 0.2) is 11.4 Å². The zero-order valence-corrected chi connectivity index (χ0v) is 103. The van der Waals surface area contributed by atoms with Gasteiger partial charge >= 0.3 is 206 Å². The molecule has 5 aliphatic rings. The largest absolute Gasteiger partial charge is 1.00 e. The fourth-order valence-electron chi connectivity index (χ4n) is 15.0. The average molecular weight is 2430 g/mol. The molecule has 767 valence electrons. The smallest absolute Gasteiger partial charge is 1.00 e. The first-order valence-corrected chi connectivity index (χ1v) is 50.4. The monoisotopic (exact) mass is 2420 g/mol. The Morgan fingerprint density at radius 3 is 1.23 bits per heavy atom. The molecule has 7 heterocycles. The summed E-state index contributed by atoms with van der Waals surface area (Å²) in [4.78, 5) is 96.3. The number of nitrogens with zero attached hydrogens (tertiary/aromatic N) is 7. The van der Waals surface area contributed by atoms with Crippen molar-refractivity contribution in [3.63, 3.8) is 0 Å². The maximum absolute atomic E-state index is 12.2. The SMILES string of the molecule is CCC1CCC(O)CC1.CCC1CCC(Oc2ncccc2C)CC1.COC(=O)c1[nH]ncc1Br.COC(=O)c1nn(CCC2CCC(Oc3ncccc3C)CC2)cc1Br.Cc1ccc(S(=O)(=O)OCCC2CCC(Oc3ncccc3C)CC2)cc1.Cc1ccc[nH]c1=O.Cc1cccnc1OC1CCC(CCO)CC1.O=C=O.O=C=O.O=CO[O-].O=S(=O)(Cl)c1ccc(C(F)(F)F)cc1.[Al].[Cs+].[Cs+].[H-].[H-].[Li+].[Li+].[OH-]. The molecule has 14 rings (SSSR count). The Balaban J connectivity index is -0.000000517. The molecule has 5 N–H and O–H groups in total. The van der Waals surface area contributed by atoms with E-state index in [1.54, 1.807) is 74.3 Å². The summed E-state index contributed by atoms with van der Waals surface area (Å²) in [6, 6.07) is 29.1. The number of benzene rings is 2. The molecule has 33 nitrogen and oxygen atoms in total. The fourth-order valence-corrected chi connectivity index (χ4v) is 17.5. The molecule has 3 radical (unpaired) electrons. The Morgan fingerprint density at radius 2 is 0.916 bits per heavy atom. The first kappa shape index (κ1) is 142. The van der Waals surface area contributed by atoms with Crippen molar-refractivity contribution in [2.75, 3.05) is 27.4 Å². The van der Waals surface area contributed by atoms with Crippen molar-refractivity contribution in [1.29, 1.82) is 0 Å². The van der Waals surface area contributed by atoms with Gasteiger partial charge in [-0.15, -0.1) is 0 Å². The maximum atomic E-state index is 12.2. The molecular formula is C97H129AlBr2ClCs2F3Li2N9O24S2. The van der Waals surface area contributed by atoms with Crippen LogP contribution in [-0.4, -0.2) is 183 Å². The van der Waals surface area contributed by atoms with Crippen LogP contribution in [0.2, 0.25) is 0 Å². The number of aromatic nitrogens is 9. The molecule has 0 saturated heterocycles. The van der Waals surface area contributed by atoms with Crippen LogP contribution in [0.15, 0.2) is 176 Å². The summed E-state index contributed by atoms with van der Waals surface area (Å²) in [5, 5.41) is 36.9. The van der Waals surface area contributed by atoms with Crippen LogP contribution in [0.1, 0.15) is 237 Å². The van der Waals surface area contributed by atoms with E-state index in [-0.39, 0.29) is 260 Å². The second-order valence-electron chi connectivity index (χ2n) is 32.9. The van der Waals surface area contributed by atoms with E-state index in [1.807, 2.05) is 81.0 Å². The normalized spacial score (nSPS) is 18.2. The van der Waals surface area contributed by atoms with Crippen molar-refractivity contribution in [2.24, 2.45) is 29.6 Å². The second-order valence-corrected chi connectivity index (χ2v) is 38.8. The molecule has 5 saturated carbocycles. The third kappa shape index (κ3) is 58.0. The van der Waals surface area contributed by atoms with E-state index in [2.05, 4.69) is 109 Å². The third-order valence-corrected chi connectivity index (χ3v) is 27.0. The number of carbonyl (C=O) groups excluding carboxylic acids is 7. The fraction of sp³-hybridized carbons (Fsp3) is 0.505. The van der Waals surface area contributed by atoms with Gasteiger partial charge in [0.2, 0.25) is 23.5 Å². The molecule has 7 aromatic heterocycles. The van der Waals surface area contributed by atoms with Crippen LogP contribution in [0, 0.1) is 71.1 Å². The summed E-state index contributed by atoms with van der Waals surface area (Å²) < 4.78 is 123. The minimum atomic E-state index is -4.48. The van der Waals surface area contributed by atoms with Crippen molar-refractivity contribution >= 4 is 110 Å². The zero-order chi connectivity index (χ0) is 101.